The van der Waals surface area contributed by atoms with Crippen molar-refractivity contribution in [2.75, 3.05) is 32.2 Å². The van der Waals surface area contributed by atoms with Crippen molar-refractivity contribution in [1.29, 1.82) is 0 Å². The molecule has 2 rings (SSSR count). The summed E-state index contributed by atoms with van der Waals surface area (Å²) in [5.74, 6) is 1.08. The lowest BCUT2D eigenvalue weighted by atomic mass is 9.96. The van der Waals surface area contributed by atoms with Gasteiger partial charge in [0, 0.05) is 20.2 Å². The van der Waals surface area contributed by atoms with Crippen molar-refractivity contribution in [2.45, 2.75) is 19.4 Å². The van der Waals surface area contributed by atoms with Gasteiger partial charge in [-0.05, 0) is 23.9 Å². The SMILES string of the molecule is COc1nc(Cl)nc(N2CCC(C)C(OC)C2)n1. The van der Waals surface area contributed by atoms with Crippen LogP contribution < -0.4 is 9.64 Å². The molecule has 0 spiro atoms. The molecule has 1 aliphatic heterocycles. The van der Waals surface area contributed by atoms with Crippen molar-refractivity contribution < 1.29 is 9.47 Å². The van der Waals surface area contributed by atoms with Crippen LogP contribution in [0, 0.1) is 5.92 Å². The van der Waals surface area contributed by atoms with E-state index < -0.39 is 0 Å². The van der Waals surface area contributed by atoms with Crippen molar-refractivity contribution in [3.63, 3.8) is 0 Å². The molecule has 2 atom stereocenters. The Balaban J connectivity index is 2.18. The summed E-state index contributed by atoms with van der Waals surface area (Å²) in [6, 6.07) is 0.234. The Kier molecular flexibility index (Phi) is 4.19. The Morgan fingerprint density at radius 3 is 2.72 bits per heavy atom. The molecule has 0 saturated carbocycles. The van der Waals surface area contributed by atoms with Gasteiger partial charge in [0.2, 0.25) is 11.2 Å². The maximum Gasteiger partial charge on any atom is 0.322 e. The summed E-state index contributed by atoms with van der Waals surface area (Å²) in [4.78, 5) is 14.3. The van der Waals surface area contributed by atoms with Gasteiger partial charge in [0.05, 0.1) is 13.2 Å². The number of anilines is 1. The van der Waals surface area contributed by atoms with Gasteiger partial charge in [-0.1, -0.05) is 6.92 Å². The molecule has 1 fully saturated rings. The number of ether oxygens (including phenoxy) is 2. The number of methoxy groups -OCH3 is 2. The molecule has 0 aliphatic carbocycles. The molecule has 1 aromatic rings. The van der Waals surface area contributed by atoms with Crippen LogP contribution >= 0.6 is 11.6 Å². The summed E-state index contributed by atoms with van der Waals surface area (Å²) in [6.45, 7) is 3.82. The molecule has 0 N–H and O–H groups in total. The third-order valence-electron chi connectivity index (χ3n) is 3.23. The van der Waals surface area contributed by atoms with Gasteiger partial charge in [-0.3, -0.25) is 0 Å². The first-order chi connectivity index (χ1) is 8.63. The number of aromatic nitrogens is 3. The molecule has 2 unspecified atom stereocenters. The van der Waals surface area contributed by atoms with E-state index in [1.807, 2.05) is 4.90 Å². The molecule has 7 heteroatoms. The van der Waals surface area contributed by atoms with Crippen molar-refractivity contribution >= 4 is 17.5 Å². The highest BCUT2D eigenvalue weighted by Gasteiger charge is 2.28. The number of hydrogen-bond acceptors (Lipinski definition) is 6. The molecule has 2 heterocycles. The predicted octanol–water partition coefficient (Wildman–Crippen LogP) is 1.39. The van der Waals surface area contributed by atoms with E-state index >= 15 is 0 Å². The predicted molar refractivity (Wildman–Crippen MR) is 68.2 cm³/mol. The fourth-order valence-corrected chi connectivity index (χ4v) is 2.22. The number of rotatable bonds is 3. The lowest BCUT2D eigenvalue weighted by Gasteiger charge is -2.36. The normalized spacial score (nSPS) is 24.1. The number of nitrogens with zero attached hydrogens (tertiary/aromatic N) is 4. The lowest BCUT2D eigenvalue weighted by Crippen LogP contribution is -2.44. The summed E-state index contributed by atoms with van der Waals surface area (Å²) in [6.07, 6.45) is 1.21. The van der Waals surface area contributed by atoms with E-state index in [9.17, 15) is 0 Å². The molecule has 0 amide bonds. The smallest absolute Gasteiger partial charge is 0.322 e. The van der Waals surface area contributed by atoms with E-state index in [1.165, 1.54) is 7.11 Å². The summed E-state index contributed by atoms with van der Waals surface area (Å²) in [7, 11) is 3.23. The van der Waals surface area contributed by atoms with Crippen LogP contribution in [0.2, 0.25) is 5.28 Å². The van der Waals surface area contributed by atoms with Gasteiger partial charge in [0.15, 0.2) is 0 Å². The van der Waals surface area contributed by atoms with Crippen molar-refractivity contribution in [3.05, 3.63) is 5.28 Å². The van der Waals surface area contributed by atoms with Gasteiger partial charge >= 0.3 is 6.01 Å². The van der Waals surface area contributed by atoms with Crippen LogP contribution in [0.1, 0.15) is 13.3 Å². The topological polar surface area (TPSA) is 60.4 Å². The summed E-state index contributed by atoms with van der Waals surface area (Å²) in [5.41, 5.74) is 0. The Hall–Kier alpha value is -1.14. The van der Waals surface area contributed by atoms with Crippen LogP contribution in [0.4, 0.5) is 5.95 Å². The van der Waals surface area contributed by atoms with Crippen LogP contribution in [0.5, 0.6) is 6.01 Å². The monoisotopic (exact) mass is 272 g/mol. The van der Waals surface area contributed by atoms with Crippen LogP contribution in [-0.4, -0.2) is 48.4 Å². The molecule has 18 heavy (non-hydrogen) atoms. The molecule has 6 nitrogen and oxygen atoms in total. The maximum atomic E-state index is 5.85. The lowest BCUT2D eigenvalue weighted by molar-refractivity contribution is 0.0494. The van der Waals surface area contributed by atoms with Gasteiger partial charge in [-0.15, -0.1) is 0 Å². The summed E-state index contributed by atoms with van der Waals surface area (Å²) in [5, 5.41) is 0.143. The molecule has 100 valence electrons. The van der Waals surface area contributed by atoms with E-state index in [1.54, 1.807) is 7.11 Å². The highest BCUT2D eigenvalue weighted by molar-refractivity contribution is 6.28. The Bertz CT molecular complexity index is 418. The van der Waals surface area contributed by atoms with E-state index in [-0.39, 0.29) is 17.4 Å². The van der Waals surface area contributed by atoms with Crippen LogP contribution in [-0.2, 0) is 4.74 Å². The van der Waals surface area contributed by atoms with Crippen molar-refractivity contribution in [1.82, 2.24) is 15.0 Å². The highest BCUT2D eigenvalue weighted by atomic mass is 35.5. The fraction of sp³-hybridized carbons (Fsp3) is 0.727. The van der Waals surface area contributed by atoms with E-state index in [2.05, 4.69) is 21.9 Å². The number of piperidine rings is 1. The number of hydrogen-bond donors (Lipinski definition) is 0. The van der Waals surface area contributed by atoms with Crippen molar-refractivity contribution in [3.8, 4) is 6.01 Å². The molecular formula is C11H17ClN4O2. The zero-order valence-corrected chi connectivity index (χ0v) is 11.5. The highest BCUT2D eigenvalue weighted by Crippen LogP contribution is 2.23. The average Bonchev–Trinajstić information content (AvgIpc) is 2.38. The minimum Gasteiger partial charge on any atom is -0.467 e. The second-order valence-electron chi connectivity index (χ2n) is 4.38. The minimum absolute atomic E-state index is 0.143. The Morgan fingerprint density at radius 2 is 2.06 bits per heavy atom. The zero-order chi connectivity index (χ0) is 13.1. The molecule has 1 aliphatic rings. The van der Waals surface area contributed by atoms with Gasteiger partial charge in [0.1, 0.15) is 0 Å². The molecule has 1 aromatic heterocycles. The Labute approximate surface area is 111 Å². The maximum absolute atomic E-state index is 5.85. The largest absolute Gasteiger partial charge is 0.467 e. The first kappa shape index (κ1) is 13.3. The van der Waals surface area contributed by atoms with Crippen LogP contribution in [0.15, 0.2) is 0 Å². The van der Waals surface area contributed by atoms with E-state index in [4.69, 9.17) is 21.1 Å². The zero-order valence-electron chi connectivity index (χ0n) is 10.8. The summed E-state index contributed by atoms with van der Waals surface area (Å²) < 4.78 is 10.5. The van der Waals surface area contributed by atoms with E-state index in [0.717, 1.165) is 19.5 Å². The van der Waals surface area contributed by atoms with Gasteiger partial charge < -0.3 is 14.4 Å². The van der Waals surface area contributed by atoms with Crippen LogP contribution in [0.3, 0.4) is 0 Å². The number of halogens is 1. The van der Waals surface area contributed by atoms with Gasteiger partial charge in [-0.25, -0.2) is 0 Å². The fourth-order valence-electron chi connectivity index (χ4n) is 2.08. The minimum atomic E-state index is 0.143. The van der Waals surface area contributed by atoms with Crippen molar-refractivity contribution in [2.24, 2.45) is 5.92 Å². The first-order valence-corrected chi connectivity index (χ1v) is 6.25. The second-order valence-corrected chi connectivity index (χ2v) is 4.72. The molecule has 0 bridgehead atoms. The summed E-state index contributed by atoms with van der Waals surface area (Å²) >= 11 is 5.85. The Morgan fingerprint density at radius 1 is 1.28 bits per heavy atom. The van der Waals surface area contributed by atoms with Gasteiger partial charge in [-0.2, -0.15) is 15.0 Å². The molecule has 0 aromatic carbocycles. The average molecular weight is 273 g/mol. The molecular weight excluding hydrogens is 256 g/mol. The third-order valence-corrected chi connectivity index (χ3v) is 3.40. The van der Waals surface area contributed by atoms with Gasteiger partial charge in [0.25, 0.3) is 0 Å². The quantitative estimate of drug-likeness (QED) is 0.829. The molecule has 1 saturated heterocycles. The first-order valence-electron chi connectivity index (χ1n) is 5.87. The molecule has 0 radical (unpaired) electrons. The second kappa shape index (κ2) is 5.67. The van der Waals surface area contributed by atoms with Crippen LogP contribution in [0.25, 0.3) is 0 Å². The third kappa shape index (κ3) is 2.81. The van der Waals surface area contributed by atoms with E-state index in [0.29, 0.717) is 11.9 Å². The standard InChI is InChI=1S/C11H17ClN4O2/c1-7-4-5-16(6-8(7)17-2)10-13-9(12)14-11(15-10)18-3/h7-8H,4-6H2,1-3H3.